The van der Waals surface area contributed by atoms with Gasteiger partial charge in [-0.15, -0.1) is 0 Å². The minimum atomic E-state index is -0.676. The van der Waals surface area contributed by atoms with Gasteiger partial charge >= 0.3 is 0 Å². The third kappa shape index (κ3) is 6.62. The van der Waals surface area contributed by atoms with E-state index in [4.69, 9.17) is 11.6 Å². The van der Waals surface area contributed by atoms with Crippen molar-refractivity contribution in [1.82, 2.24) is 28.4 Å². The summed E-state index contributed by atoms with van der Waals surface area (Å²) in [4.78, 5) is 25.7. The van der Waals surface area contributed by atoms with Gasteiger partial charge in [-0.2, -0.15) is 0 Å². The average Bonchev–Trinajstić information content (AvgIpc) is 1.80. The predicted octanol–water partition coefficient (Wildman–Crippen LogP) is -0.171. The Bertz CT molecular complexity index is 323. The summed E-state index contributed by atoms with van der Waals surface area (Å²) in [6.45, 7) is 0. The summed E-state index contributed by atoms with van der Waals surface area (Å²) in [5, 5.41) is -0.0744. The predicted molar refractivity (Wildman–Crippen MR) is 46.7 cm³/mol. The third-order valence-electron chi connectivity index (χ3n) is 0.733. The first-order chi connectivity index (χ1) is 4.20. The van der Waals surface area contributed by atoms with Crippen molar-refractivity contribution < 1.29 is 19.5 Å². The first-order valence-corrected chi connectivity index (χ1v) is 2.50. The van der Waals surface area contributed by atoms with Gasteiger partial charge in [-0.3, -0.25) is 9.59 Å². The van der Waals surface area contributed by atoms with Gasteiger partial charge in [0.05, 0.1) is 5.02 Å². The molecular formula is C4H11ClN5O2Zn-. The number of aromatic nitrogens is 2. The van der Waals surface area contributed by atoms with Crippen molar-refractivity contribution in [1.29, 1.82) is 0 Å². The number of nitrogens with zero attached hydrogens (tertiary/aromatic N) is 1. The molecule has 0 spiro atoms. The summed E-state index contributed by atoms with van der Waals surface area (Å²) in [5.41, 5.74) is -1.28. The van der Waals surface area contributed by atoms with Crippen LogP contribution in [0.2, 0.25) is 5.02 Å². The molecule has 0 aromatic carbocycles. The number of halogens is 1. The van der Waals surface area contributed by atoms with Crippen LogP contribution in [0.25, 0.3) is 0 Å². The molecule has 0 aliphatic rings. The van der Waals surface area contributed by atoms with E-state index in [1.54, 1.807) is 0 Å². The van der Waals surface area contributed by atoms with Crippen molar-refractivity contribution in [3.63, 3.8) is 0 Å². The summed E-state index contributed by atoms with van der Waals surface area (Å²) < 4.78 is 0. The minimum absolute atomic E-state index is 0. The van der Waals surface area contributed by atoms with Crippen molar-refractivity contribution in [3.05, 3.63) is 32.1 Å². The van der Waals surface area contributed by atoms with Crippen LogP contribution in [0.5, 0.6) is 0 Å². The molecule has 13 heavy (non-hydrogen) atoms. The molecule has 0 atom stereocenters. The standard InChI is InChI=1S/C4H3ClN2O2.3H3N.Zn/c5-2-1-6-4(9)7-3(2)8;;;;/h1H,(H2,6,7,8,9);3*1H3;/p-1. The van der Waals surface area contributed by atoms with E-state index in [0.717, 1.165) is 6.20 Å². The Hall–Kier alpha value is -0.527. The first kappa shape index (κ1) is 22.9. The smallest absolute Gasteiger partial charge is 0.189 e. The molecule has 1 rings (SSSR count). The molecule has 74 valence electrons. The normalized spacial score (nSPS) is 6.54. The number of aromatic amines is 1. The topological polar surface area (TPSA) is 169 Å². The van der Waals surface area contributed by atoms with Crippen molar-refractivity contribution in [2.24, 2.45) is 0 Å². The molecule has 1 heterocycles. The fourth-order valence-corrected chi connectivity index (χ4v) is 0.459. The van der Waals surface area contributed by atoms with Crippen LogP contribution < -0.4 is 34.7 Å². The van der Waals surface area contributed by atoms with Crippen molar-refractivity contribution in [2.45, 2.75) is 0 Å². The largest absolute Gasteiger partial charge is 0.406 e. The van der Waals surface area contributed by atoms with Gasteiger partial charge < -0.3 is 28.4 Å². The molecular weight excluding hydrogens is 251 g/mol. The van der Waals surface area contributed by atoms with E-state index in [0.29, 0.717) is 0 Å². The summed E-state index contributed by atoms with van der Waals surface area (Å²) in [6.07, 6.45) is 1.02. The van der Waals surface area contributed by atoms with Crippen LogP contribution >= 0.6 is 11.6 Å². The monoisotopic (exact) mass is 260 g/mol. The van der Waals surface area contributed by atoms with E-state index >= 15 is 0 Å². The third-order valence-corrected chi connectivity index (χ3v) is 1.00. The molecule has 0 saturated heterocycles. The zero-order chi connectivity index (χ0) is 6.85. The van der Waals surface area contributed by atoms with Crippen molar-refractivity contribution >= 4 is 11.6 Å². The molecule has 0 unspecified atom stereocenters. The molecule has 1 aromatic heterocycles. The summed E-state index contributed by atoms with van der Waals surface area (Å²) >= 11 is 5.24. The summed E-state index contributed by atoms with van der Waals surface area (Å²) in [5.74, 6) is 0. The molecule has 1 aromatic rings. The number of hydrogen-bond donors (Lipinski definition) is 4. The molecule has 7 nitrogen and oxygen atoms in total. The number of nitrogens with one attached hydrogen (secondary N) is 1. The van der Waals surface area contributed by atoms with Crippen LogP contribution in [0.15, 0.2) is 15.8 Å². The second kappa shape index (κ2) is 9.56. The van der Waals surface area contributed by atoms with Gasteiger partial charge in [0.15, 0.2) is 11.2 Å². The van der Waals surface area contributed by atoms with Crippen LogP contribution in [0.4, 0.5) is 0 Å². The zero-order valence-corrected chi connectivity index (χ0v) is 10.8. The second-order valence-electron chi connectivity index (χ2n) is 1.37. The maximum absolute atomic E-state index is 10.4. The van der Waals surface area contributed by atoms with E-state index in [2.05, 4.69) is 4.98 Å². The quantitative estimate of drug-likeness (QED) is 0.473. The van der Waals surface area contributed by atoms with Crippen molar-refractivity contribution in [3.8, 4) is 0 Å². The molecule has 0 aliphatic heterocycles. The van der Waals surface area contributed by atoms with E-state index in [1.807, 2.05) is 4.98 Å². The van der Waals surface area contributed by atoms with E-state index in [9.17, 15) is 9.59 Å². The fraction of sp³-hybridized carbons (Fsp3) is 0. The van der Waals surface area contributed by atoms with E-state index in [-0.39, 0.29) is 43.0 Å². The molecule has 0 fully saturated rings. The summed E-state index contributed by atoms with van der Waals surface area (Å²) in [6, 6.07) is 0. The summed E-state index contributed by atoms with van der Waals surface area (Å²) in [7, 11) is 0. The molecule has 10 N–H and O–H groups in total. The van der Waals surface area contributed by atoms with Gasteiger partial charge in [-0.25, -0.2) is 0 Å². The molecule has 9 heteroatoms. The number of rotatable bonds is 0. The first-order valence-electron chi connectivity index (χ1n) is 2.12. The van der Waals surface area contributed by atoms with Crippen LogP contribution in [0.1, 0.15) is 0 Å². The Balaban J connectivity index is -0.000000101. The van der Waals surface area contributed by atoms with Gasteiger partial charge in [0.25, 0.3) is 0 Å². The molecule has 0 aliphatic carbocycles. The maximum atomic E-state index is 10.4. The van der Waals surface area contributed by atoms with Gasteiger partial charge in [-0.05, 0) is 0 Å². The van der Waals surface area contributed by atoms with Gasteiger partial charge in [0.1, 0.15) is 0 Å². The fourth-order valence-electron chi connectivity index (χ4n) is 0.363. The molecule has 0 radical (unpaired) electrons. The Morgan fingerprint density at radius 3 is 2.00 bits per heavy atom. The Labute approximate surface area is 91.8 Å². The molecule has 0 amide bonds. The van der Waals surface area contributed by atoms with E-state index < -0.39 is 11.2 Å². The SMILES string of the molecule is N.N.N.O=c1[n-]cc(Cl)c(=O)[nH]1.[Zn]. The van der Waals surface area contributed by atoms with Crippen LogP contribution in [-0.4, -0.2) is 4.98 Å². The maximum Gasteiger partial charge on any atom is 0.189 e. The van der Waals surface area contributed by atoms with Gasteiger partial charge in [0, 0.05) is 19.5 Å². The van der Waals surface area contributed by atoms with Crippen LogP contribution in [0, 0.1) is 0 Å². The number of hydrogen-bond acceptors (Lipinski definition) is 5. The van der Waals surface area contributed by atoms with E-state index in [1.165, 1.54) is 0 Å². The van der Waals surface area contributed by atoms with Crippen LogP contribution in [-0.2, 0) is 19.5 Å². The second-order valence-corrected chi connectivity index (χ2v) is 1.77. The van der Waals surface area contributed by atoms with Gasteiger partial charge in [0.2, 0.25) is 0 Å². The Morgan fingerprint density at radius 2 is 1.69 bits per heavy atom. The minimum Gasteiger partial charge on any atom is -0.406 e. The Morgan fingerprint density at radius 1 is 1.23 bits per heavy atom. The van der Waals surface area contributed by atoms with Crippen LogP contribution in [0.3, 0.4) is 0 Å². The average molecular weight is 262 g/mol. The molecule has 0 saturated carbocycles. The molecule has 0 bridgehead atoms. The Kier molecular flexibility index (Phi) is 16.8. The number of H-pyrrole nitrogens is 1. The van der Waals surface area contributed by atoms with Gasteiger partial charge in [-0.1, -0.05) is 17.8 Å². The zero-order valence-electron chi connectivity index (χ0n) is 7.05. The van der Waals surface area contributed by atoms with Crippen molar-refractivity contribution in [2.75, 3.05) is 0 Å².